The fourth-order valence-electron chi connectivity index (χ4n) is 1.89. The van der Waals surface area contributed by atoms with Gasteiger partial charge in [0.15, 0.2) is 6.29 Å². The molecular weight excluding hydrogens is 333 g/mol. The number of aryl methyl sites for hydroxylation is 1. The average Bonchev–Trinajstić information content (AvgIpc) is 2.38. The molecule has 2 aromatic rings. The first-order valence-corrected chi connectivity index (χ1v) is 7.08. The fourth-order valence-corrected chi connectivity index (χ4v) is 2.77. The molecule has 0 fully saturated rings. The highest BCUT2D eigenvalue weighted by atomic mass is 35.5. The van der Waals surface area contributed by atoms with Crippen molar-refractivity contribution in [1.29, 1.82) is 0 Å². The maximum atomic E-state index is 12.2. The first-order chi connectivity index (χ1) is 9.93. The van der Waals surface area contributed by atoms with Gasteiger partial charge in [0, 0.05) is 11.3 Å². The second-order valence-electron chi connectivity index (χ2n) is 4.36. The first-order valence-electron chi connectivity index (χ1n) is 5.94. The molecule has 0 unspecified atom stereocenters. The van der Waals surface area contributed by atoms with E-state index in [-0.39, 0.29) is 20.6 Å². The summed E-state index contributed by atoms with van der Waals surface area (Å²) in [6, 6.07) is 7.96. The van der Waals surface area contributed by atoms with Crippen molar-refractivity contribution in [3.05, 3.63) is 62.1 Å². The van der Waals surface area contributed by atoms with E-state index in [0.29, 0.717) is 23.1 Å². The molecule has 0 aliphatic heterocycles. The summed E-state index contributed by atoms with van der Waals surface area (Å²) in [6.45, 7) is 1.73. The first kappa shape index (κ1) is 15.8. The SMILES string of the molecule is Cc1cc(NC(=O)c2c(Cl)cccc2Cl)cc(Cl)c1C=O. The van der Waals surface area contributed by atoms with Crippen molar-refractivity contribution in [3.8, 4) is 0 Å². The van der Waals surface area contributed by atoms with Crippen LogP contribution in [0.4, 0.5) is 5.69 Å². The molecule has 0 aliphatic carbocycles. The lowest BCUT2D eigenvalue weighted by molar-refractivity contribution is 0.102. The van der Waals surface area contributed by atoms with Crippen LogP contribution in [0.25, 0.3) is 0 Å². The van der Waals surface area contributed by atoms with E-state index in [1.165, 1.54) is 6.07 Å². The Morgan fingerprint density at radius 2 is 1.71 bits per heavy atom. The van der Waals surface area contributed by atoms with Crippen LogP contribution in [-0.4, -0.2) is 12.2 Å². The van der Waals surface area contributed by atoms with Crippen LogP contribution in [0.15, 0.2) is 30.3 Å². The number of carbonyl (C=O) groups excluding carboxylic acids is 2. The third kappa shape index (κ3) is 3.38. The molecule has 0 aromatic heterocycles. The third-order valence-electron chi connectivity index (χ3n) is 2.90. The molecule has 0 heterocycles. The van der Waals surface area contributed by atoms with Gasteiger partial charge < -0.3 is 5.32 Å². The Bertz CT molecular complexity index is 686. The summed E-state index contributed by atoms with van der Waals surface area (Å²) in [6.07, 6.45) is 0.675. The van der Waals surface area contributed by atoms with Crippen LogP contribution in [0.3, 0.4) is 0 Å². The van der Waals surface area contributed by atoms with Crippen molar-refractivity contribution in [3.63, 3.8) is 0 Å². The zero-order chi connectivity index (χ0) is 15.6. The van der Waals surface area contributed by atoms with Crippen molar-refractivity contribution in [1.82, 2.24) is 0 Å². The minimum absolute atomic E-state index is 0.189. The number of carbonyl (C=O) groups is 2. The quantitative estimate of drug-likeness (QED) is 0.796. The Labute approximate surface area is 136 Å². The van der Waals surface area contributed by atoms with Gasteiger partial charge >= 0.3 is 0 Å². The van der Waals surface area contributed by atoms with Crippen molar-refractivity contribution in [2.45, 2.75) is 6.92 Å². The second kappa shape index (κ2) is 6.48. The van der Waals surface area contributed by atoms with Crippen molar-refractivity contribution in [2.24, 2.45) is 0 Å². The van der Waals surface area contributed by atoms with Gasteiger partial charge in [-0.25, -0.2) is 0 Å². The minimum Gasteiger partial charge on any atom is -0.322 e. The number of rotatable bonds is 3. The van der Waals surface area contributed by atoms with Gasteiger partial charge in [-0.05, 0) is 36.8 Å². The molecule has 108 valence electrons. The summed E-state index contributed by atoms with van der Waals surface area (Å²) in [7, 11) is 0. The molecule has 0 saturated heterocycles. The summed E-state index contributed by atoms with van der Waals surface area (Å²) in [4.78, 5) is 23.1. The Morgan fingerprint density at radius 1 is 1.10 bits per heavy atom. The largest absolute Gasteiger partial charge is 0.322 e. The topological polar surface area (TPSA) is 46.2 Å². The van der Waals surface area contributed by atoms with Gasteiger partial charge in [-0.2, -0.15) is 0 Å². The smallest absolute Gasteiger partial charge is 0.258 e. The van der Waals surface area contributed by atoms with E-state index in [9.17, 15) is 9.59 Å². The highest BCUT2D eigenvalue weighted by Gasteiger charge is 2.15. The lowest BCUT2D eigenvalue weighted by Crippen LogP contribution is -2.13. The average molecular weight is 343 g/mol. The fraction of sp³-hybridized carbons (Fsp3) is 0.0667. The van der Waals surface area contributed by atoms with Gasteiger partial charge in [0.2, 0.25) is 0 Å². The molecular formula is C15H10Cl3NO2. The molecule has 0 saturated carbocycles. The Balaban J connectivity index is 2.34. The van der Waals surface area contributed by atoms with Crippen molar-refractivity contribution in [2.75, 3.05) is 5.32 Å². The van der Waals surface area contributed by atoms with E-state index < -0.39 is 5.91 Å². The van der Waals surface area contributed by atoms with E-state index in [4.69, 9.17) is 34.8 Å². The van der Waals surface area contributed by atoms with Crippen LogP contribution >= 0.6 is 34.8 Å². The molecule has 0 atom stereocenters. The molecule has 0 aliphatic rings. The van der Waals surface area contributed by atoms with Gasteiger partial charge in [0.25, 0.3) is 5.91 Å². The van der Waals surface area contributed by atoms with Crippen LogP contribution in [0.1, 0.15) is 26.3 Å². The molecule has 1 amide bonds. The van der Waals surface area contributed by atoms with Crippen molar-refractivity contribution >= 4 is 52.7 Å². The maximum Gasteiger partial charge on any atom is 0.258 e. The number of amides is 1. The van der Waals surface area contributed by atoms with Gasteiger partial charge in [0.05, 0.1) is 20.6 Å². The van der Waals surface area contributed by atoms with Gasteiger partial charge in [0.1, 0.15) is 0 Å². The lowest BCUT2D eigenvalue weighted by Gasteiger charge is -2.10. The minimum atomic E-state index is -0.445. The number of hydrogen-bond donors (Lipinski definition) is 1. The summed E-state index contributed by atoms with van der Waals surface area (Å²) in [5.41, 5.74) is 1.71. The molecule has 2 aromatic carbocycles. The number of nitrogens with one attached hydrogen (secondary N) is 1. The van der Waals surface area contributed by atoms with Crippen LogP contribution in [0.5, 0.6) is 0 Å². The second-order valence-corrected chi connectivity index (χ2v) is 5.58. The van der Waals surface area contributed by atoms with Gasteiger partial charge in [-0.1, -0.05) is 40.9 Å². The molecule has 21 heavy (non-hydrogen) atoms. The van der Waals surface area contributed by atoms with Gasteiger partial charge in [-0.15, -0.1) is 0 Å². The summed E-state index contributed by atoms with van der Waals surface area (Å²) < 4.78 is 0. The van der Waals surface area contributed by atoms with Crippen LogP contribution in [0.2, 0.25) is 15.1 Å². The van der Waals surface area contributed by atoms with E-state index in [1.807, 2.05) is 0 Å². The lowest BCUT2D eigenvalue weighted by atomic mass is 10.1. The van der Waals surface area contributed by atoms with Crippen molar-refractivity contribution < 1.29 is 9.59 Å². The van der Waals surface area contributed by atoms with Gasteiger partial charge in [-0.3, -0.25) is 9.59 Å². The molecule has 1 N–H and O–H groups in total. The summed E-state index contributed by atoms with van der Waals surface area (Å²) in [5, 5.41) is 3.45. The predicted octanol–water partition coefficient (Wildman–Crippen LogP) is 5.02. The zero-order valence-corrected chi connectivity index (χ0v) is 13.2. The molecule has 2 rings (SSSR count). The maximum absolute atomic E-state index is 12.2. The Kier molecular flexibility index (Phi) is 4.88. The number of hydrogen-bond acceptors (Lipinski definition) is 2. The molecule has 0 spiro atoms. The molecule has 3 nitrogen and oxygen atoms in total. The standard InChI is InChI=1S/C15H10Cl3NO2/c1-8-5-9(6-13(18)10(8)7-20)19-15(21)14-11(16)3-2-4-12(14)17/h2-7H,1H3,(H,19,21). The predicted molar refractivity (Wildman–Crippen MR) is 86.0 cm³/mol. The van der Waals surface area contributed by atoms with E-state index >= 15 is 0 Å². The van der Waals surface area contributed by atoms with E-state index in [1.54, 1.807) is 31.2 Å². The van der Waals surface area contributed by atoms with E-state index in [0.717, 1.165) is 0 Å². The van der Waals surface area contributed by atoms with Crippen LogP contribution < -0.4 is 5.32 Å². The highest BCUT2D eigenvalue weighted by molar-refractivity contribution is 6.40. The molecule has 0 bridgehead atoms. The summed E-state index contributed by atoms with van der Waals surface area (Å²) in [5.74, 6) is -0.445. The number of benzene rings is 2. The third-order valence-corrected chi connectivity index (χ3v) is 3.84. The zero-order valence-electron chi connectivity index (χ0n) is 10.9. The normalized spacial score (nSPS) is 10.3. The summed E-state index contributed by atoms with van der Waals surface area (Å²) >= 11 is 18.0. The Hall–Kier alpha value is -1.55. The Morgan fingerprint density at radius 3 is 2.24 bits per heavy atom. The highest BCUT2D eigenvalue weighted by Crippen LogP contribution is 2.27. The van der Waals surface area contributed by atoms with E-state index in [2.05, 4.69) is 5.32 Å². The molecule has 0 radical (unpaired) electrons. The number of aldehydes is 1. The molecule has 6 heteroatoms. The number of anilines is 1. The van der Waals surface area contributed by atoms with Crippen LogP contribution in [0, 0.1) is 6.92 Å². The van der Waals surface area contributed by atoms with Crippen LogP contribution in [-0.2, 0) is 0 Å². The number of halogens is 3. The monoisotopic (exact) mass is 341 g/mol.